The van der Waals surface area contributed by atoms with Crippen LogP contribution in [0.4, 0.5) is 0 Å². The lowest BCUT2D eigenvalue weighted by molar-refractivity contribution is 0.172. The van der Waals surface area contributed by atoms with Crippen molar-refractivity contribution in [3.63, 3.8) is 0 Å². The zero-order chi connectivity index (χ0) is 14.1. The van der Waals surface area contributed by atoms with E-state index in [2.05, 4.69) is 12.1 Å². The molecular weight excluding hydrogens is 311 g/mol. The number of aliphatic hydroxyl groups excluding tert-OH is 1. The molecule has 2 atom stereocenters. The Morgan fingerprint density at radius 2 is 1.95 bits per heavy atom. The average Bonchev–Trinajstić information content (AvgIpc) is 2.87. The van der Waals surface area contributed by atoms with E-state index in [0.29, 0.717) is 16.5 Å². The summed E-state index contributed by atoms with van der Waals surface area (Å²) >= 11 is 13.7. The zero-order valence-corrected chi connectivity index (χ0v) is 13.1. The first kappa shape index (κ1) is 14.3. The van der Waals surface area contributed by atoms with E-state index in [0.717, 1.165) is 12.0 Å². The van der Waals surface area contributed by atoms with Gasteiger partial charge in [0.05, 0.1) is 16.1 Å². The number of thioether (sulfide) groups is 1. The van der Waals surface area contributed by atoms with Crippen molar-refractivity contribution >= 4 is 35.0 Å². The maximum Gasteiger partial charge on any atom is 0.0705 e. The van der Waals surface area contributed by atoms with Gasteiger partial charge in [0, 0.05) is 10.1 Å². The summed E-state index contributed by atoms with van der Waals surface area (Å²) in [7, 11) is 0. The molecule has 1 heterocycles. The molecule has 2 unspecified atom stereocenters. The second-order valence-electron chi connectivity index (χ2n) is 4.99. The summed E-state index contributed by atoms with van der Waals surface area (Å²) in [5, 5.41) is 11.7. The second-order valence-corrected chi connectivity index (χ2v) is 7.08. The predicted molar refractivity (Wildman–Crippen MR) is 86.0 cm³/mol. The van der Waals surface area contributed by atoms with E-state index in [4.69, 9.17) is 23.2 Å². The molecule has 2 aromatic rings. The molecule has 104 valence electrons. The number of hydrogen-bond acceptors (Lipinski definition) is 2. The maximum atomic E-state index is 10.4. The second kappa shape index (κ2) is 5.98. The van der Waals surface area contributed by atoms with E-state index in [-0.39, 0.29) is 11.4 Å². The number of fused-ring (bicyclic) bond motifs is 1. The summed E-state index contributed by atoms with van der Waals surface area (Å²) in [6.07, 6.45) is 1.14. The largest absolute Gasteiger partial charge is 0.392 e. The Kier molecular flexibility index (Phi) is 4.27. The zero-order valence-electron chi connectivity index (χ0n) is 10.7. The molecule has 1 N–H and O–H groups in total. The molecular formula is C16H14Cl2OS. The molecule has 0 bridgehead atoms. The monoisotopic (exact) mass is 324 g/mol. The van der Waals surface area contributed by atoms with E-state index in [9.17, 15) is 5.11 Å². The molecule has 0 aliphatic carbocycles. The molecule has 2 aromatic carbocycles. The fourth-order valence-corrected chi connectivity index (χ4v) is 4.09. The van der Waals surface area contributed by atoms with Gasteiger partial charge in [-0.2, -0.15) is 0 Å². The van der Waals surface area contributed by atoms with Crippen LogP contribution >= 0.6 is 35.0 Å². The fourth-order valence-electron chi connectivity index (χ4n) is 2.46. The molecule has 0 amide bonds. The van der Waals surface area contributed by atoms with E-state index in [1.165, 1.54) is 10.5 Å². The highest BCUT2D eigenvalue weighted by Crippen LogP contribution is 2.39. The third-order valence-electron chi connectivity index (χ3n) is 3.53. The Morgan fingerprint density at radius 1 is 1.15 bits per heavy atom. The topological polar surface area (TPSA) is 20.2 Å². The summed E-state index contributed by atoms with van der Waals surface area (Å²) in [6.45, 7) is 0. The van der Waals surface area contributed by atoms with Crippen LogP contribution < -0.4 is 0 Å². The Morgan fingerprint density at radius 3 is 2.70 bits per heavy atom. The standard InChI is InChI=1S/C16H14Cl2OS/c17-12-6-5-10(7-13(12)18)8-14(19)16-9-11-3-1-2-4-15(11)20-16/h1-7,14,16,19H,8-9H2. The molecule has 3 rings (SSSR count). The molecule has 1 aliphatic rings. The Hall–Kier alpha value is -0.670. The van der Waals surface area contributed by atoms with Gasteiger partial charge in [-0.1, -0.05) is 47.5 Å². The van der Waals surface area contributed by atoms with Crippen LogP contribution in [0.1, 0.15) is 11.1 Å². The SMILES string of the molecule is OC(Cc1ccc(Cl)c(Cl)c1)C1Cc2ccccc2S1. The van der Waals surface area contributed by atoms with Crippen molar-refractivity contribution in [1.82, 2.24) is 0 Å². The van der Waals surface area contributed by atoms with Gasteiger partial charge in [-0.25, -0.2) is 0 Å². The van der Waals surface area contributed by atoms with Crippen molar-refractivity contribution in [2.24, 2.45) is 0 Å². The first-order valence-electron chi connectivity index (χ1n) is 6.50. The van der Waals surface area contributed by atoms with Crippen LogP contribution in [0.25, 0.3) is 0 Å². The van der Waals surface area contributed by atoms with Gasteiger partial charge in [-0.3, -0.25) is 0 Å². The fraction of sp³-hybridized carbons (Fsp3) is 0.250. The van der Waals surface area contributed by atoms with Crippen LogP contribution in [0, 0.1) is 0 Å². The van der Waals surface area contributed by atoms with Crippen molar-refractivity contribution in [3.8, 4) is 0 Å². The summed E-state index contributed by atoms with van der Waals surface area (Å²) in [5.41, 5.74) is 2.35. The Labute approximate surface area is 132 Å². The molecule has 0 fully saturated rings. The number of rotatable bonds is 3. The van der Waals surface area contributed by atoms with Crippen molar-refractivity contribution in [3.05, 3.63) is 63.6 Å². The van der Waals surface area contributed by atoms with Crippen LogP contribution in [0.5, 0.6) is 0 Å². The molecule has 4 heteroatoms. The summed E-state index contributed by atoms with van der Waals surface area (Å²) in [6, 6.07) is 13.9. The molecule has 0 saturated heterocycles. The van der Waals surface area contributed by atoms with Gasteiger partial charge in [0.1, 0.15) is 0 Å². The minimum Gasteiger partial charge on any atom is -0.392 e. The first-order valence-corrected chi connectivity index (χ1v) is 8.13. The van der Waals surface area contributed by atoms with Gasteiger partial charge in [0.15, 0.2) is 0 Å². The molecule has 1 nitrogen and oxygen atoms in total. The van der Waals surface area contributed by atoms with Crippen LogP contribution in [0.2, 0.25) is 10.0 Å². The minimum absolute atomic E-state index is 0.210. The van der Waals surface area contributed by atoms with E-state index in [1.54, 1.807) is 17.8 Å². The average molecular weight is 325 g/mol. The van der Waals surface area contributed by atoms with E-state index < -0.39 is 0 Å². The lowest BCUT2D eigenvalue weighted by Gasteiger charge is -2.17. The number of benzene rings is 2. The molecule has 1 aliphatic heterocycles. The highest BCUT2D eigenvalue weighted by molar-refractivity contribution is 8.00. The summed E-state index contributed by atoms with van der Waals surface area (Å²) in [4.78, 5) is 1.28. The quantitative estimate of drug-likeness (QED) is 0.889. The van der Waals surface area contributed by atoms with Gasteiger partial charge in [-0.15, -0.1) is 11.8 Å². The summed E-state index contributed by atoms with van der Waals surface area (Å²) in [5.74, 6) is 0. The number of hydrogen-bond donors (Lipinski definition) is 1. The van der Waals surface area contributed by atoms with Gasteiger partial charge in [-0.05, 0) is 42.2 Å². The van der Waals surface area contributed by atoms with Crippen LogP contribution in [-0.2, 0) is 12.8 Å². The normalized spacial score (nSPS) is 18.9. The molecule has 0 spiro atoms. The third-order valence-corrected chi connectivity index (χ3v) is 5.70. The highest BCUT2D eigenvalue weighted by Gasteiger charge is 2.28. The molecule has 20 heavy (non-hydrogen) atoms. The van der Waals surface area contributed by atoms with Crippen LogP contribution in [0.15, 0.2) is 47.4 Å². The van der Waals surface area contributed by atoms with Crippen molar-refractivity contribution < 1.29 is 5.11 Å². The van der Waals surface area contributed by atoms with Crippen molar-refractivity contribution in [2.45, 2.75) is 29.1 Å². The van der Waals surface area contributed by atoms with Crippen LogP contribution in [0.3, 0.4) is 0 Å². The first-order chi connectivity index (χ1) is 9.63. The van der Waals surface area contributed by atoms with Crippen molar-refractivity contribution in [2.75, 3.05) is 0 Å². The van der Waals surface area contributed by atoms with E-state index >= 15 is 0 Å². The van der Waals surface area contributed by atoms with Gasteiger partial charge >= 0.3 is 0 Å². The van der Waals surface area contributed by atoms with Gasteiger partial charge in [0.2, 0.25) is 0 Å². The maximum absolute atomic E-state index is 10.4. The molecule has 0 radical (unpaired) electrons. The Bertz CT molecular complexity index is 605. The predicted octanol–water partition coefficient (Wildman–Crippen LogP) is 4.61. The minimum atomic E-state index is -0.385. The smallest absolute Gasteiger partial charge is 0.0705 e. The van der Waals surface area contributed by atoms with Crippen LogP contribution in [-0.4, -0.2) is 16.5 Å². The van der Waals surface area contributed by atoms with Crippen molar-refractivity contribution in [1.29, 1.82) is 0 Å². The summed E-state index contributed by atoms with van der Waals surface area (Å²) < 4.78 is 0. The van der Waals surface area contributed by atoms with Gasteiger partial charge < -0.3 is 5.11 Å². The third kappa shape index (κ3) is 2.99. The number of aliphatic hydroxyl groups is 1. The number of halogens is 2. The Balaban J connectivity index is 1.69. The molecule has 0 saturated carbocycles. The van der Waals surface area contributed by atoms with E-state index in [1.807, 2.05) is 24.3 Å². The lowest BCUT2D eigenvalue weighted by atomic mass is 10.0. The van der Waals surface area contributed by atoms with Gasteiger partial charge in [0.25, 0.3) is 0 Å². The highest BCUT2D eigenvalue weighted by atomic mass is 35.5. The molecule has 0 aromatic heterocycles. The lowest BCUT2D eigenvalue weighted by Crippen LogP contribution is -2.24.